The number of rotatable bonds is 5. The predicted octanol–water partition coefficient (Wildman–Crippen LogP) is 4.64. The second-order valence-electron chi connectivity index (χ2n) is 4.87. The van der Waals surface area contributed by atoms with Crippen LogP contribution in [0.1, 0.15) is 11.1 Å². The molecule has 5 heteroatoms. The molecule has 0 fully saturated rings. The summed E-state index contributed by atoms with van der Waals surface area (Å²) in [4.78, 5) is 0. The van der Waals surface area contributed by atoms with Crippen LogP contribution in [-0.4, -0.2) is 13.1 Å². The van der Waals surface area contributed by atoms with Gasteiger partial charge in [-0.25, -0.2) is 8.78 Å². The molecular weight excluding hydrogens is 315 g/mol. The third-order valence-electron chi connectivity index (χ3n) is 3.37. The highest BCUT2D eigenvalue weighted by molar-refractivity contribution is 6.31. The zero-order chi connectivity index (χ0) is 15.4. The first-order valence-electron chi connectivity index (χ1n) is 6.54. The zero-order valence-corrected chi connectivity index (χ0v) is 13.0. The molecule has 0 bridgehead atoms. The third kappa shape index (κ3) is 4.40. The van der Waals surface area contributed by atoms with E-state index < -0.39 is 0 Å². The quantitative estimate of drug-likeness (QED) is 0.842. The fourth-order valence-electron chi connectivity index (χ4n) is 2.18. The van der Waals surface area contributed by atoms with Gasteiger partial charge < -0.3 is 5.32 Å². The van der Waals surface area contributed by atoms with Gasteiger partial charge in [0.2, 0.25) is 0 Å². The molecule has 0 aliphatic heterocycles. The Kier molecular flexibility index (Phi) is 5.57. The van der Waals surface area contributed by atoms with Crippen molar-refractivity contribution in [3.05, 3.63) is 69.2 Å². The first-order chi connectivity index (χ1) is 9.99. The lowest BCUT2D eigenvalue weighted by Gasteiger charge is -2.18. The van der Waals surface area contributed by atoms with Crippen molar-refractivity contribution in [1.29, 1.82) is 0 Å². The van der Waals surface area contributed by atoms with Crippen LogP contribution in [0.3, 0.4) is 0 Å². The number of nitrogens with one attached hydrogen (secondary N) is 1. The van der Waals surface area contributed by atoms with Crippen LogP contribution in [0.4, 0.5) is 8.78 Å². The van der Waals surface area contributed by atoms with E-state index in [0.717, 1.165) is 11.1 Å². The summed E-state index contributed by atoms with van der Waals surface area (Å²) < 4.78 is 26.1. The first-order valence-corrected chi connectivity index (χ1v) is 7.30. The summed E-state index contributed by atoms with van der Waals surface area (Å²) in [5.74, 6) is -0.710. The van der Waals surface area contributed by atoms with Crippen molar-refractivity contribution in [3.8, 4) is 0 Å². The van der Waals surface area contributed by atoms with Gasteiger partial charge in [-0.05, 0) is 55.3 Å². The molecule has 0 radical (unpaired) electrons. The molecule has 2 aromatic carbocycles. The van der Waals surface area contributed by atoms with E-state index in [2.05, 4.69) is 5.32 Å². The van der Waals surface area contributed by atoms with Gasteiger partial charge in [0.25, 0.3) is 0 Å². The average molecular weight is 330 g/mol. The maximum absolute atomic E-state index is 13.1. The molecule has 1 N–H and O–H groups in total. The van der Waals surface area contributed by atoms with E-state index in [1.807, 2.05) is 7.05 Å². The molecule has 2 aromatic rings. The Balaban J connectivity index is 2.13. The lowest BCUT2D eigenvalue weighted by Crippen LogP contribution is -2.30. The molecule has 0 aromatic heterocycles. The van der Waals surface area contributed by atoms with E-state index >= 15 is 0 Å². The minimum Gasteiger partial charge on any atom is -0.316 e. The predicted molar refractivity (Wildman–Crippen MR) is 83.1 cm³/mol. The molecule has 0 heterocycles. The van der Waals surface area contributed by atoms with Gasteiger partial charge in [0.1, 0.15) is 11.6 Å². The minimum atomic E-state index is -0.355. The van der Waals surface area contributed by atoms with Crippen LogP contribution in [-0.2, 0) is 12.8 Å². The van der Waals surface area contributed by atoms with Gasteiger partial charge in [-0.15, -0.1) is 0 Å². The Hall–Kier alpha value is -1.16. The Bertz CT molecular complexity index is 578. The smallest absolute Gasteiger partial charge is 0.124 e. The maximum Gasteiger partial charge on any atom is 0.124 e. The molecule has 1 nitrogen and oxygen atoms in total. The monoisotopic (exact) mass is 329 g/mol. The molecule has 0 saturated carbocycles. The van der Waals surface area contributed by atoms with Gasteiger partial charge >= 0.3 is 0 Å². The lowest BCUT2D eigenvalue weighted by molar-refractivity contribution is 0.554. The second kappa shape index (κ2) is 7.21. The summed E-state index contributed by atoms with van der Waals surface area (Å²) in [6.45, 7) is 0. The number of benzene rings is 2. The molecule has 0 spiro atoms. The summed E-state index contributed by atoms with van der Waals surface area (Å²) in [5, 5.41) is 3.98. The largest absolute Gasteiger partial charge is 0.316 e. The topological polar surface area (TPSA) is 12.0 Å². The van der Waals surface area contributed by atoms with Crippen LogP contribution in [0.15, 0.2) is 36.4 Å². The van der Waals surface area contributed by atoms with Crippen LogP contribution >= 0.6 is 23.2 Å². The summed E-state index contributed by atoms with van der Waals surface area (Å²) in [6, 6.07) is 8.79. The van der Waals surface area contributed by atoms with E-state index in [1.54, 1.807) is 12.1 Å². The molecule has 0 amide bonds. The highest BCUT2D eigenvalue weighted by atomic mass is 35.5. The fourth-order valence-corrected chi connectivity index (χ4v) is 2.67. The summed E-state index contributed by atoms with van der Waals surface area (Å²) in [6.07, 6.45) is 1.26. The molecule has 0 atom stereocenters. The van der Waals surface area contributed by atoms with Crippen molar-refractivity contribution in [2.24, 2.45) is 0 Å². The number of halogens is 4. The Morgan fingerprint density at radius 1 is 0.905 bits per heavy atom. The highest BCUT2D eigenvalue weighted by Crippen LogP contribution is 2.22. The van der Waals surface area contributed by atoms with E-state index in [1.165, 1.54) is 24.3 Å². The molecule has 2 rings (SSSR count). The molecule has 0 aliphatic rings. The van der Waals surface area contributed by atoms with Crippen molar-refractivity contribution in [1.82, 2.24) is 5.32 Å². The fraction of sp³-hybridized carbons (Fsp3) is 0.250. The van der Waals surface area contributed by atoms with Crippen LogP contribution in [0.5, 0.6) is 0 Å². The van der Waals surface area contributed by atoms with Gasteiger partial charge in [0.15, 0.2) is 0 Å². The standard InChI is InChI=1S/C16H15Cl2F2N/c1-21-14(6-10-2-4-12(19)8-15(10)17)7-11-3-5-13(20)9-16(11)18/h2-5,8-9,14,21H,6-7H2,1H3. The van der Waals surface area contributed by atoms with Crippen molar-refractivity contribution in [2.45, 2.75) is 18.9 Å². The molecule has 0 aliphatic carbocycles. The van der Waals surface area contributed by atoms with Crippen LogP contribution in [0, 0.1) is 11.6 Å². The number of hydrogen-bond donors (Lipinski definition) is 1. The second-order valence-corrected chi connectivity index (χ2v) is 5.68. The third-order valence-corrected chi connectivity index (χ3v) is 4.07. The normalized spacial score (nSPS) is 11.1. The van der Waals surface area contributed by atoms with Crippen molar-refractivity contribution < 1.29 is 8.78 Å². The number of likely N-dealkylation sites (N-methyl/N-ethyl adjacent to an activating group) is 1. The van der Waals surface area contributed by atoms with E-state index in [-0.39, 0.29) is 17.7 Å². The Morgan fingerprint density at radius 2 is 1.33 bits per heavy atom. The molecular formula is C16H15Cl2F2N. The van der Waals surface area contributed by atoms with E-state index in [4.69, 9.17) is 23.2 Å². The summed E-state index contributed by atoms with van der Waals surface area (Å²) in [7, 11) is 1.83. The van der Waals surface area contributed by atoms with Crippen LogP contribution in [0.2, 0.25) is 10.0 Å². The summed E-state index contributed by atoms with van der Waals surface area (Å²) in [5.41, 5.74) is 1.71. The van der Waals surface area contributed by atoms with Gasteiger partial charge in [-0.1, -0.05) is 35.3 Å². The van der Waals surface area contributed by atoms with Gasteiger partial charge in [-0.2, -0.15) is 0 Å². The van der Waals surface area contributed by atoms with E-state index in [9.17, 15) is 8.78 Å². The van der Waals surface area contributed by atoms with Crippen LogP contribution in [0.25, 0.3) is 0 Å². The highest BCUT2D eigenvalue weighted by Gasteiger charge is 2.13. The van der Waals surface area contributed by atoms with Gasteiger partial charge in [-0.3, -0.25) is 0 Å². The Labute approximate surface area is 132 Å². The number of hydrogen-bond acceptors (Lipinski definition) is 1. The van der Waals surface area contributed by atoms with Crippen molar-refractivity contribution in [3.63, 3.8) is 0 Å². The molecule has 112 valence electrons. The minimum absolute atomic E-state index is 0.0657. The first kappa shape index (κ1) is 16.2. The molecule has 0 unspecified atom stereocenters. The van der Waals surface area contributed by atoms with Crippen molar-refractivity contribution >= 4 is 23.2 Å². The molecule has 0 saturated heterocycles. The summed E-state index contributed by atoms with van der Waals surface area (Å²) >= 11 is 12.1. The lowest BCUT2D eigenvalue weighted by atomic mass is 9.99. The SMILES string of the molecule is CNC(Cc1ccc(F)cc1Cl)Cc1ccc(F)cc1Cl. The van der Waals surface area contributed by atoms with Crippen LogP contribution < -0.4 is 5.32 Å². The van der Waals surface area contributed by atoms with Crippen molar-refractivity contribution in [2.75, 3.05) is 7.05 Å². The maximum atomic E-state index is 13.1. The van der Waals surface area contributed by atoms with E-state index in [0.29, 0.717) is 22.9 Å². The Morgan fingerprint density at radius 3 is 1.67 bits per heavy atom. The average Bonchev–Trinajstić information content (AvgIpc) is 2.43. The zero-order valence-electron chi connectivity index (χ0n) is 11.5. The van der Waals surface area contributed by atoms with Gasteiger partial charge in [0, 0.05) is 16.1 Å². The van der Waals surface area contributed by atoms with Gasteiger partial charge in [0.05, 0.1) is 0 Å². The molecule has 21 heavy (non-hydrogen) atoms.